The Morgan fingerprint density at radius 1 is 1.14 bits per heavy atom. The Labute approximate surface area is 129 Å². The molecular weight excluding hydrogens is 286 g/mol. The average molecular weight is 308 g/mol. The van der Waals surface area contributed by atoms with Crippen molar-refractivity contribution in [3.8, 4) is 0 Å². The third-order valence-electron chi connectivity index (χ3n) is 4.69. The Balaban J connectivity index is 1.85. The zero-order valence-electron chi connectivity index (χ0n) is 12.7. The highest BCUT2D eigenvalue weighted by atomic mass is 19.2. The third-order valence-corrected chi connectivity index (χ3v) is 4.69. The van der Waals surface area contributed by atoms with Gasteiger partial charge in [0.15, 0.2) is 11.6 Å². The fourth-order valence-electron chi connectivity index (χ4n) is 3.52. The predicted octanol–water partition coefficient (Wildman–Crippen LogP) is 3.82. The highest BCUT2D eigenvalue weighted by Gasteiger charge is 2.17. The van der Waals surface area contributed by atoms with Gasteiger partial charge in [-0.25, -0.2) is 13.8 Å². The van der Waals surface area contributed by atoms with Crippen molar-refractivity contribution in [2.75, 3.05) is 6.61 Å². The summed E-state index contributed by atoms with van der Waals surface area (Å²) >= 11 is 0. The highest BCUT2D eigenvalue weighted by molar-refractivity contribution is 5.76. The van der Waals surface area contributed by atoms with Gasteiger partial charge < -0.3 is 9.67 Å². The van der Waals surface area contributed by atoms with E-state index in [0.29, 0.717) is 17.6 Å². The van der Waals surface area contributed by atoms with Crippen molar-refractivity contribution in [2.24, 2.45) is 5.92 Å². The molecule has 1 heterocycles. The second-order valence-corrected chi connectivity index (χ2v) is 6.20. The molecule has 1 aliphatic carbocycles. The predicted molar refractivity (Wildman–Crippen MR) is 81.6 cm³/mol. The summed E-state index contributed by atoms with van der Waals surface area (Å²) in [5, 5.41) is 9.25. The molecule has 3 rings (SSSR count). The first-order chi connectivity index (χ1) is 10.7. The Morgan fingerprint density at radius 3 is 2.59 bits per heavy atom. The van der Waals surface area contributed by atoms with Crippen molar-refractivity contribution in [1.29, 1.82) is 0 Å². The van der Waals surface area contributed by atoms with Crippen molar-refractivity contribution >= 4 is 11.0 Å². The summed E-state index contributed by atoms with van der Waals surface area (Å²) in [5.41, 5.74) is 1.03. The minimum Gasteiger partial charge on any atom is -0.395 e. The molecular formula is C17H22F2N2O. The van der Waals surface area contributed by atoms with Gasteiger partial charge in [0.2, 0.25) is 0 Å². The molecule has 1 aliphatic rings. The molecule has 0 atom stereocenters. The van der Waals surface area contributed by atoms with Crippen LogP contribution in [0.4, 0.5) is 8.78 Å². The molecule has 1 fully saturated rings. The first kappa shape index (κ1) is 15.4. The van der Waals surface area contributed by atoms with Crippen LogP contribution in [0.2, 0.25) is 0 Å². The maximum atomic E-state index is 13.5. The Hall–Kier alpha value is -1.49. The molecule has 1 N–H and O–H groups in total. The average Bonchev–Trinajstić information content (AvgIpc) is 2.84. The highest BCUT2D eigenvalue weighted by Crippen LogP contribution is 2.28. The summed E-state index contributed by atoms with van der Waals surface area (Å²) < 4.78 is 28.7. The van der Waals surface area contributed by atoms with Crippen LogP contribution in [0.25, 0.3) is 11.0 Å². The summed E-state index contributed by atoms with van der Waals surface area (Å²) in [5.74, 6) is -0.199. The van der Waals surface area contributed by atoms with Crippen LogP contribution in [0, 0.1) is 17.6 Å². The molecule has 2 aromatic rings. The van der Waals surface area contributed by atoms with E-state index >= 15 is 0 Å². The molecule has 0 radical (unpaired) electrons. The Kier molecular flexibility index (Phi) is 4.71. The number of aryl methyl sites for hydroxylation is 1. The molecule has 1 saturated carbocycles. The van der Waals surface area contributed by atoms with E-state index in [4.69, 9.17) is 0 Å². The Morgan fingerprint density at radius 2 is 1.86 bits per heavy atom. The Bertz CT molecular complexity index is 648. The molecule has 0 saturated heterocycles. The van der Waals surface area contributed by atoms with Gasteiger partial charge in [0, 0.05) is 25.1 Å². The van der Waals surface area contributed by atoms with Crippen LogP contribution in [0.15, 0.2) is 12.1 Å². The number of nitrogens with zero attached hydrogens (tertiary/aromatic N) is 2. The molecule has 1 aromatic heterocycles. The molecule has 1 aromatic carbocycles. The standard InChI is InChI=1S/C17H22F2N2O/c18-13-10-15-16(11-14(13)19)21(8-9-22)17(20-15)7-6-12-4-2-1-3-5-12/h10-12,22H,1-9H2. The second kappa shape index (κ2) is 6.73. The molecule has 0 unspecified atom stereocenters. The number of benzene rings is 1. The zero-order chi connectivity index (χ0) is 15.5. The SMILES string of the molecule is OCCn1c(CCC2CCCCC2)nc2cc(F)c(F)cc21. The van der Waals surface area contributed by atoms with E-state index in [9.17, 15) is 13.9 Å². The number of halogens is 2. The van der Waals surface area contributed by atoms with Crippen LogP contribution in [0.1, 0.15) is 44.3 Å². The lowest BCUT2D eigenvalue weighted by atomic mass is 9.86. The molecule has 0 amide bonds. The molecule has 0 aliphatic heterocycles. The molecule has 22 heavy (non-hydrogen) atoms. The van der Waals surface area contributed by atoms with Gasteiger partial charge in [-0.3, -0.25) is 0 Å². The molecule has 0 spiro atoms. The minimum absolute atomic E-state index is 0.0408. The number of aromatic nitrogens is 2. The number of aliphatic hydroxyl groups is 1. The number of hydrogen-bond acceptors (Lipinski definition) is 2. The summed E-state index contributed by atoms with van der Waals surface area (Å²) in [6.07, 6.45) is 8.32. The van der Waals surface area contributed by atoms with Crippen LogP contribution in [-0.4, -0.2) is 21.3 Å². The lowest BCUT2D eigenvalue weighted by Crippen LogP contribution is -2.11. The van der Waals surface area contributed by atoms with Gasteiger partial charge >= 0.3 is 0 Å². The maximum absolute atomic E-state index is 13.5. The zero-order valence-corrected chi connectivity index (χ0v) is 12.7. The van der Waals surface area contributed by atoms with Crippen LogP contribution in [0.3, 0.4) is 0 Å². The summed E-state index contributed by atoms with van der Waals surface area (Å²) in [4.78, 5) is 4.46. The van der Waals surface area contributed by atoms with Gasteiger partial charge in [-0.05, 0) is 12.3 Å². The van der Waals surface area contributed by atoms with E-state index in [0.717, 1.165) is 30.7 Å². The van der Waals surface area contributed by atoms with E-state index < -0.39 is 11.6 Å². The number of fused-ring (bicyclic) bond motifs is 1. The van der Waals surface area contributed by atoms with Gasteiger partial charge in [-0.1, -0.05) is 32.1 Å². The third kappa shape index (κ3) is 3.14. The van der Waals surface area contributed by atoms with Crippen molar-refractivity contribution in [2.45, 2.75) is 51.5 Å². The van der Waals surface area contributed by atoms with E-state index in [1.54, 1.807) is 0 Å². The molecule has 5 heteroatoms. The van der Waals surface area contributed by atoms with Crippen molar-refractivity contribution in [3.63, 3.8) is 0 Å². The first-order valence-corrected chi connectivity index (χ1v) is 8.14. The van der Waals surface area contributed by atoms with Crippen LogP contribution >= 0.6 is 0 Å². The number of rotatable bonds is 5. The van der Waals surface area contributed by atoms with Gasteiger partial charge in [-0.15, -0.1) is 0 Å². The quantitative estimate of drug-likeness (QED) is 0.912. The van der Waals surface area contributed by atoms with E-state index in [-0.39, 0.29) is 6.61 Å². The molecule has 0 bridgehead atoms. The second-order valence-electron chi connectivity index (χ2n) is 6.20. The maximum Gasteiger partial charge on any atom is 0.161 e. The number of aliphatic hydroxyl groups excluding tert-OH is 1. The van der Waals surface area contributed by atoms with Crippen LogP contribution in [0.5, 0.6) is 0 Å². The van der Waals surface area contributed by atoms with E-state index in [2.05, 4.69) is 4.98 Å². The number of imidazole rings is 1. The van der Waals surface area contributed by atoms with Gasteiger partial charge in [-0.2, -0.15) is 0 Å². The monoisotopic (exact) mass is 308 g/mol. The lowest BCUT2D eigenvalue weighted by molar-refractivity contribution is 0.274. The number of hydrogen-bond donors (Lipinski definition) is 1. The minimum atomic E-state index is -0.875. The van der Waals surface area contributed by atoms with Crippen molar-refractivity contribution < 1.29 is 13.9 Å². The lowest BCUT2D eigenvalue weighted by Gasteiger charge is -2.21. The van der Waals surface area contributed by atoms with Crippen LogP contribution in [-0.2, 0) is 13.0 Å². The van der Waals surface area contributed by atoms with E-state index in [1.807, 2.05) is 4.57 Å². The summed E-state index contributed by atoms with van der Waals surface area (Å²) in [6.45, 7) is 0.322. The van der Waals surface area contributed by atoms with Gasteiger partial charge in [0.25, 0.3) is 0 Å². The first-order valence-electron chi connectivity index (χ1n) is 8.14. The van der Waals surface area contributed by atoms with Gasteiger partial charge in [0.1, 0.15) is 5.82 Å². The largest absolute Gasteiger partial charge is 0.395 e. The van der Waals surface area contributed by atoms with Crippen molar-refractivity contribution in [1.82, 2.24) is 9.55 Å². The normalized spacial score (nSPS) is 16.5. The molecule has 120 valence electrons. The fraction of sp³-hybridized carbons (Fsp3) is 0.588. The van der Waals surface area contributed by atoms with Crippen LogP contribution < -0.4 is 0 Å². The van der Waals surface area contributed by atoms with E-state index in [1.165, 1.54) is 38.2 Å². The van der Waals surface area contributed by atoms with Gasteiger partial charge in [0.05, 0.1) is 17.6 Å². The summed E-state index contributed by atoms with van der Waals surface area (Å²) in [7, 11) is 0. The topological polar surface area (TPSA) is 38.0 Å². The van der Waals surface area contributed by atoms with Crippen molar-refractivity contribution in [3.05, 3.63) is 29.6 Å². The molecule has 3 nitrogen and oxygen atoms in total. The summed E-state index contributed by atoms with van der Waals surface area (Å²) in [6, 6.07) is 2.32. The smallest absolute Gasteiger partial charge is 0.161 e. The fourth-order valence-corrected chi connectivity index (χ4v) is 3.52.